The molecule has 24 heavy (non-hydrogen) atoms. The summed E-state index contributed by atoms with van der Waals surface area (Å²) in [4.78, 5) is 16.8. The number of pyridine rings is 1. The zero-order chi connectivity index (χ0) is 17.7. The Morgan fingerprint density at radius 2 is 1.92 bits per heavy atom. The molecule has 0 aliphatic carbocycles. The third-order valence-electron chi connectivity index (χ3n) is 4.52. The van der Waals surface area contributed by atoms with E-state index in [-0.39, 0.29) is 11.8 Å². The summed E-state index contributed by atoms with van der Waals surface area (Å²) in [5.74, 6) is 0.847. The lowest BCUT2D eigenvalue weighted by atomic mass is 9.88. The second-order valence-corrected chi connectivity index (χ2v) is 6.42. The molecule has 0 saturated carbocycles. The van der Waals surface area contributed by atoms with Crippen molar-refractivity contribution in [3.8, 4) is 16.9 Å². The Morgan fingerprint density at radius 1 is 1.25 bits per heavy atom. The van der Waals surface area contributed by atoms with Gasteiger partial charge in [-0.3, -0.25) is 9.78 Å². The number of methoxy groups -OCH3 is 1. The highest BCUT2D eigenvalue weighted by atomic mass is 16.5. The number of benzene rings is 1. The predicted octanol–water partition coefficient (Wildman–Crippen LogP) is 2.86. The number of rotatable bonds is 6. The Balaban J connectivity index is 2.24. The average molecular weight is 327 g/mol. The van der Waals surface area contributed by atoms with Gasteiger partial charge >= 0.3 is 0 Å². The lowest BCUT2D eigenvalue weighted by Crippen LogP contribution is -2.55. The van der Waals surface area contributed by atoms with E-state index in [9.17, 15) is 4.79 Å². The molecule has 2 rings (SSSR count). The number of hydrogen-bond acceptors (Lipinski definition) is 4. The van der Waals surface area contributed by atoms with E-state index in [1.807, 2.05) is 51.1 Å². The van der Waals surface area contributed by atoms with E-state index in [1.54, 1.807) is 19.5 Å². The molecular weight excluding hydrogens is 302 g/mol. The van der Waals surface area contributed by atoms with Gasteiger partial charge < -0.3 is 15.8 Å². The van der Waals surface area contributed by atoms with Crippen LogP contribution < -0.4 is 15.8 Å². The Labute approximate surface area is 143 Å². The minimum Gasteiger partial charge on any atom is -0.497 e. The summed E-state index contributed by atoms with van der Waals surface area (Å²) < 4.78 is 5.17. The fourth-order valence-corrected chi connectivity index (χ4v) is 2.27. The van der Waals surface area contributed by atoms with E-state index in [2.05, 4.69) is 10.3 Å². The lowest BCUT2D eigenvalue weighted by Gasteiger charge is -2.33. The number of nitrogens with zero attached hydrogens (tertiary/aromatic N) is 1. The van der Waals surface area contributed by atoms with E-state index in [0.29, 0.717) is 12.1 Å². The van der Waals surface area contributed by atoms with Crippen molar-refractivity contribution in [2.45, 2.75) is 26.3 Å². The fourth-order valence-electron chi connectivity index (χ4n) is 2.27. The molecule has 2 aromatic rings. The molecule has 0 radical (unpaired) electrons. The summed E-state index contributed by atoms with van der Waals surface area (Å²) in [6.07, 6.45) is 3.31. The molecule has 1 atom stereocenters. The van der Waals surface area contributed by atoms with Crippen LogP contribution in [-0.2, 0) is 0 Å². The number of hydrogen-bond donors (Lipinski definition) is 2. The van der Waals surface area contributed by atoms with Crippen molar-refractivity contribution >= 4 is 5.91 Å². The standard InChI is InChI=1S/C19H25N3O2/c1-13(2)19(3,12-20)22-18(23)16-9-15(10-21-11-16)14-5-7-17(24-4)8-6-14/h5-11,13H,12,20H2,1-4H3,(H,22,23). The summed E-state index contributed by atoms with van der Waals surface area (Å²) in [7, 11) is 1.63. The lowest BCUT2D eigenvalue weighted by molar-refractivity contribution is 0.0883. The van der Waals surface area contributed by atoms with Crippen molar-refractivity contribution in [2.24, 2.45) is 11.7 Å². The van der Waals surface area contributed by atoms with Gasteiger partial charge in [0.15, 0.2) is 0 Å². The number of nitrogens with two attached hydrogens (primary N) is 1. The zero-order valence-electron chi connectivity index (χ0n) is 14.7. The van der Waals surface area contributed by atoms with Crippen molar-refractivity contribution in [1.82, 2.24) is 10.3 Å². The molecule has 0 aliphatic heterocycles. The van der Waals surface area contributed by atoms with E-state index in [4.69, 9.17) is 10.5 Å². The quantitative estimate of drug-likeness (QED) is 0.855. The van der Waals surface area contributed by atoms with Crippen LogP contribution >= 0.6 is 0 Å². The van der Waals surface area contributed by atoms with Gasteiger partial charge in [0, 0.05) is 24.5 Å². The van der Waals surface area contributed by atoms with Crippen LogP contribution in [-0.4, -0.2) is 30.1 Å². The smallest absolute Gasteiger partial charge is 0.253 e. The van der Waals surface area contributed by atoms with E-state index < -0.39 is 5.54 Å². The normalized spacial score (nSPS) is 13.4. The van der Waals surface area contributed by atoms with Gasteiger partial charge in [-0.05, 0) is 36.6 Å². The fraction of sp³-hybridized carbons (Fsp3) is 0.368. The van der Waals surface area contributed by atoms with Crippen molar-refractivity contribution in [3.63, 3.8) is 0 Å². The molecule has 0 saturated heterocycles. The molecule has 0 bridgehead atoms. The van der Waals surface area contributed by atoms with Gasteiger partial charge in [-0.15, -0.1) is 0 Å². The van der Waals surface area contributed by atoms with Crippen LogP contribution in [0.4, 0.5) is 0 Å². The number of nitrogens with one attached hydrogen (secondary N) is 1. The van der Waals surface area contributed by atoms with Gasteiger partial charge in [-0.25, -0.2) is 0 Å². The minimum atomic E-state index is -0.451. The third-order valence-corrected chi connectivity index (χ3v) is 4.52. The molecule has 0 fully saturated rings. The van der Waals surface area contributed by atoms with Crippen LogP contribution in [0, 0.1) is 5.92 Å². The van der Waals surface area contributed by atoms with Gasteiger partial charge in [-0.2, -0.15) is 0 Å². The number of carbonyl (C=O) groups excluding carboxylic acids is 1. The summed E-state index contributed by atoms with van der Waals surface area (Å²) in [6, 6.07) is 9.48. The second-order valence-electron chi connectivity index (χ2n) is 6.42. The molecule has 5 nitrogen and oxygen atoms in total. The highest BCUT2D eigenvalue weighted by Crippen LogP contribution is 2.23. The largest absolute Gasteiger partial charge is 0.497 e. The van der Waals surface area contributed by atoms with Gasteiger partial charge in [0.1, 0.15) is 5.75 Å². The molecule has 1 amide bonds. The number of amides is 1. The molecule has 1 unspecified atom stereocenters. The van der Waals surface area contributed by atoms with Crippen LogP contribution in [0.15, 0.2) is 42.7 Å². The molecule has 128 valence electrons. The Morgan fingerprint density at radius 3 is 2.46 bits per heavy atom. The number of aromatic nitrogens is 1. The molecule has 1 aromatic heterocycles. The first kappa shape index (κ1) is 17.9. The Kier molecular flexibility index (Phi) is 5.57. The van der Waals surface area contributed by atoms with Crippen molar-refractivity contribution < 1.29 is 9.53 Å². The van der Waals surface area contributed by atoms with Crippen LogP contribution in [0.3, 0.4) is 0 Å². The van der Waals surface area contributed by atoms with Crippen LogP contribution in [0.5, 0.6) is 5.75 Å². The molecule has 0 spiro atoms. The van der Waals surface area contributed by atoms with Gasteiger partial charge in [0.05, 0.1) is 18.2 Å². The maximum atomic E-state index is 12.6. The van der Waals surface area contributed by atoms with E-state index >= 15 is 0 Å². The van der Waals surface area contributed by atoms with Gasteiger partial charge in [0.2, 0.25) is 0 Å². The summed E-state index contributed by atoms with van der Waals surface area (Å²) in [5.41, 5.74) is 7.76. The molecule has 1 aromatic carbocycles. The maximum absolute atomic E-state index is 12.6. The summed E-state index contributed by atoms with van der Waals surface area (Å²) in [6.45, 7) is 6.41. The van der Waals surface area contributed by atoms with Crippen molar-refractivity contribution in [3.05, 3.63) is 48.3 Å². The first-order valence-electron chi connectivity index (χ1n) is 8.01. The van der Waals surface area contributed by atoms with E-state index in [0.717, 1.165) is 16.9 Å². The first-order valence-corrected chi connectivity index (χ1v) is 8.01. The maximum Gasteiger partial charge on any atom is 0.253 e. The number of carbonyl (C=O) groups is 1. The Hall–Kier alpha value is -2.40. The molecule has 0 aliphatic rings. The van der Waals surface area contributed by atoms with Gasteiger partial charge in [0.25, 0.3) is 5.91 Å². The highest BCUT2D eigenvalue weighted by Gasteiger charge is 2.29. The number of ether oxygens (including phenoxy) is 1. The summed E-state index contributed by atoms with van der Waals surface area (Å²) >= 11 is 0. The zero-order valence-corrected chi connectivity index (χ0v) is 14.7. The molecular formula is C19H25N3O2. The second kappa shape index (κ2) is 7.45. The van der Waals surface area contributed by atoms with Crippen LogP contribution in [0.25, 0.3) is 11.1 Å². The third kappa shape index (κ3) is 3.92. The minimum absolute atomic E-state index is 0.167. The van der Waals surface area contributed by atoms with Crippen LogP contribution in [0.2, 0.25) is 0 Å². The SMILES string of the molecule is COc1ccc(-c2cncc(C(=O)NC(C)(CN)C(C)C)c2)cc1. The van der Waals surface area contributed by atoms with Gasteiger partial charge in [-0.1, -0.05) is 26.0 Å². The van der Waals surface area contributed by atoms with Crippen molar-refractivity contribution in [2.75, 3.05) is 13.7 Å². The first-order chi connectivity index (χ1) is 11.4. The predicted molar refractivity (Wildman–Crippen MR) is 96.0 cm³/mol. The average Bonchev–Trinajstić information content (AvgIpc) is 2.61. The van der Waals surface area contributed by atoms with Crippen LogP contribution in [0.1, 0.15) is 31.1 Å². The topological polar surface area (TPSA) is 77.2 Å². The molecule has 1 heterocycles. The molecule has 3 N–H and O–H groups in total. The Bertz CT molecular complexity index is 698. The summed E-state index contributed by atoms with van der Waals surface area (Å²) in [5, 5.41) is 3.03. The van der Waals surface area contributed by atoms with Crippen molar-refractivity contribution in [1.29, 1.82) is 0 Å². The monoisotopic (exact) mass is 327 g/mol. The highest BCUT2D eigenvalue weighted by molar-refractivity contribution is 5.95. The molecule has 5 heteroatoms. The van der Waals surface area contributed by atoms with E-state index in [1.165, 1.54) is 0 Å².